The Kier molecular flexibility index (Phi) is 3.93. The van der Waals surface area contributed by atoms with Gasteiger partial charge < -0.3 is 15.0 Å². The molecule has 0 atom stereocenters. The lowest BCUT2D eigenvalue weighted by Gasteiger charge is -2.27. The Labute approximate surface area is 99.4 Å². The molecule has 0 spiro atoms. The van der Waals surface area contributed by atoms with Crippen LogP contribution in [0.5, 0.6) is 5.75 Å². The summed E-state index contributed by atoms with van der Waals surface area (Å²) in [5, 5.41) is 3.16. The van der Waals surface area contributed by atoms with Crippen molar-refractivity contribution in [1.82, 2.24) is 10.2 Å². The summed E-state index contributed by atoms with van der Waals surface area (Å²) in [7, 11) is 0. The minimum Gasteiger partial charge on any atom is -0.481 e. The van der Waals surface area contributed by atoms with Gasteiger partial charge in [-0.1, -0.05) is 12.1 Å². The summed E-state index contributed by atoms with van der Waals surface area (Å²) in [6.07, 6.45) is 0. The standard InChI is InChI=1S/C12H15FN2O2/c13-10-3-1-2-4-11(10)17-9-12(16)15-7-5-14-6-8-15/h1-4,14H,5-9H2. The largest absolute Gasteiger partial charge is 0.481 e. The lowest BCUT2D eigenvalue weighted by Crippen LogP contribution is -2.47. The molecule has 1 aromatic carbocycles. The average molecular weight is 238 g/mol. The lowest BCUT2D eigenvalue weighted by atomic mass is 10.3. The summed E-state index contributed by atoms with van der Waals surface area (Å²) in [5.41, 5.74) is 0. The molecular formula is C12H15FN2O2. The van der Waals surface area contributed by atoms with E-state index in [1.807, 2.05) is 0 Å². The number of carbonyl (C=O) groups excluding carboxylic acids is 1. The Bertz CT molecular complexity index is 392. The second-order valence-corrected chi connectivity index (χ2v) is 3.85. The summed E-state index contributed by atoms with van der Waals surface area (Å²) in [4.78, 5) is 13.5. The molecule has 0 saturated carbocycles. The van der Waals surface area contributed by atoms with Gasteiger partial charge in [-0.15, -0.1) is 0 Å². The van der Waals surface area contributed by atoms with Crippen molar-refractivity contribution in [2.75, 3.05) is 32.8 Å². The molecule has 1 aliphatic rings. The first-order chi connectivity index (χ1) is 8.27. The number of nitrogens with one attached hydrogen (secondary N) is 1. The summed E-state index contributed by atoms with van der Waals surface area (Å²) in [5.74, 6) is -0.425. The number of piperazine rings is 1. The summed E-state index contributed by atoms with van der Waals surface area (Å²) in [6, 6.07) is 6.08. The molecule has 2 rings (SSSR count). The number of benzene rings is 1. The molecule has 4 nitrogen and oxygen atoms in total. The van der Waals surface area contributed by atoms with Gasteiger partial charge in [0.1, 0.15) is 0 Å². The van der Waals surface area contributed by atoms with Gasteiger partial charge in [0, 0.05) is 26.2 Å². The molecule has 0 unspecified atom stereocenters. The maximum atomic E-state index is 13.2. The van der Waals surface area contributed by atoms with E-state index in [0.717, 1.165) is 13.1 Å². The van der Waals surface area contributed by atoms with E-state index in [-0.39, 0.29) is 18.3 Å². The number of hydrogen-bond donors (Lipinski definition) is 1. The van der Waals surface area contributed by atoms with Gasteiger partial charge >= 0.3 is 0 Å². The van der Waals surface area contributed by atoms with Gasteiger partial charge in [0.05, 0.1) is 0 Å². The molecule has 1 aromatic rings. The molecule has 0 aliphatic carbocycles. The predicted octanol–water partition coefficient (Wildman–Crippen LogP) is 0.636. The van der Waals surface area contributed by atoms with Crippen molar-refractivity contribution in [2.45, 2.75) is 0 Å². The highest BCUT2D eigenvalue weighted by atomic mass is 19.1. The average Bonchev–Trinajstić information content (AvgIpc) is 2.38. The topological polar surface area (TPSA) is 41.6 Å². The molecule has 1 aliphatic heterocycles. The lowest BCUT2D eigenvalue weighted by molar-refractivity contribution is -0.133. The number of para-hydroxylation sites is 1. The Morgan fingerprint density at radius 1 is 1.35 bits per heavy atom. The van der Waals surface area contributed by atoms with Crippen molar-refractivity contribution in [2.24, 2.45) is 0 Å². The number of rotatable bonds is 3. The van der Waals surface area contributed by atoms with Crippen LogP contribution in [0.15, 0.2) is 24.3 Å². The van der Waals surface area contributed by atoms with Crippen LogP contribution in [0.25, 0.3) is 0 Å². The highest BCUT2D eigenvalue weighted by Crippen LogP contribution is 2.15. The van der Waals surface area contributed by atoms with Crippen LogP contribution in [-0.2, 0) is 4.79 Å². The molecule has 1 saturated heterocycles. The van der Waals surface area contributed by atoms with Crippen LogP contribution in [-0.4, -0.2) is 43.6 Å². The molecule has 0 aromatic heterocycles. The van der Waals surface area contributed by atoms with Crippen LogP contribution in [0.1, 0.15) is 0 Å². The van der Waals surface area contributed by atoms with Gasteiger partial charge in [0.25, 0.3) is 5.91 Å². The van der Waals surface area contributed by atoms with Crippen molar-refractivity contribution in [3.8, 4) is 5.75 Å². The van der Waals surface area contributed by atoms with Crippen molar-refractivity contribution < 1.29 is 13.9 Å². The van der Waals surface area contributed by atoms with Gasteiger partial charge in [-0.05, 0) is 12.1 Å². The van der Waals surface area contributed by atoms with Crippen molar-refractivity contribution in [3.63, 3.8) is 0 Å². The van der Waals surface area contributed by atoms with E-state index < -0.39 is 5.82 Å². The van der Waals surface area contributed by atoms with Crippen molar-refractivity contribution in [3.05, 3.63) is 30.1 Å². The Morgan fingerprint density at radius 3 is 2.76 bits per heavy atom. The third-order valence-electron chi connectivity index (χ3n) is 2.66. The molecule has 1 amide bonds. The fraction of sp³-hybridized carbons (Fsp3) is 0.417. The Hall–Kier alpha value is -1.62. The van der Waals surface area contributed by atoms with Crippen LogP contribution >= 0.6 is 0 Å². The molecule has 1 heterocycles. The zero-order chi connectivity index (χ0) is 12.1. The van der Waals surface area contributed by atoms with E-state index in [9.17, 15) is 9.18 Å². The number of nitrogens with zero attached hydrogens (tertiary/aromatic N) is 1. The fourth-order valence-corrected chi connectivity index (χ4v) is 1.71. The summed E-state index contributed by atoms with van der Waals surface area (Å²) >= 11 is 0. The molecule has 17 heavy (non-hydrogen) atoms. The minimum atomic E-state index is -0.444. The molecule has 0 radical (unpaired) electrons. The number of ether oxygens (including phenoxy) is 1. The van der Waals surface area contributed by atoms with Gasteiger partial charge in [-0.2, -0.15) is 0 Å². The SMILES string of the molecule is O=C(COc1ccccc1F)N1CCNCC1. The van der Waals surface area contributed by atoms with E-state index in [4.69, 9.17) is 4.74 Å². The van der Waals surface area contributed by atoms with E-state index >= 15 is 0 Å². The summed E-state index contributed by atoms with van der Waals surface area (Å²) in [6.45, 7) is 2.84. The molecule has 0 bridgehead atoms. The Balaban J connectivity index is 1.85. The van der Waals surface area contributed by atoms with Gasteiger partial charge in [0.2, 0.25) is 0 Å². The normalized spacial score (nSPS) is 15.7. The predicted molar refractivity (Wildman–Crippen MR) is 61.3 cm³/mol. The maximum absolute atomic E-state index is 13.2. The van der Waals surface area contributed by atoms with Crippen molar-refractivity contribution >= 4 is 5.91 Å². The van der Waals surface area contributed by atoms with E-state index in [0.29, 0.717) is 13.1 Å². The highest BCUT2D eigenvalue weighted by Gasteiger charge is 2.16. The Morgan fingerprint density at radius 2 is 2.06 bits per heavy atom. The minimum absolute atomic E-state index is 0.102. The van der Waals surface area contributed by atoms with E-state index in [1.54, 1.807) is 17.0 Å². The third kappa shape index (κ3) is 3.17. The second-order valence-electron chi connectivity index (χ2n) is 3.85. The maximum Gasteiger partial charge on any atom is 0.260 e. The highest BCUT2D eigenvalue weighted by molar-refractivity contribution is 5.77. The second kappa shape index (κ2) is 5.63. The third-order valence-corrected chi connectivity index (χ3v) is 2.66. The zero-order valence-corrected chi connectivity index (χ0v) is 9.49. The van der Waals surface area contributed by atoms with Crippen LogP contribution in [0.4, 0.5) is 4.39 Å². The first-order valence-electron chi connectivity index (χ1n) is 5.63. The number of carbonyl (C=O) groups is 1. The monoisotopic (exact) mass is 238 g/mol. The first-order valence-corrected chi connectivity index (χ1v) is 5.63. The van der Waals surface area contributed by atoms with Crippen LogP contribution < -0.4 is 10.1 Å². The number of hydrogen-bond acceptors (Lipinski definition) is 3. The molecular weight excluding hydrogens is 223 g/mol. The molecule has 1 fully saturated rings. The van der Waals surface area contributed by atoms with Crippen LogP contribution in [0.3, 0.4) is 0 Å². The quantitative estimate of drug-likeness (QED) is 0.840. The number of amides is 1. The zero-order valence-electron chi connectivity index (χ0n) is 9.49. The van der Waals surface area contributed by atoms with Crippen LogP contribution in [0, 0.1) is 5.82 Å². The van der Waals surface area contributed by atoms with Crippen LogP contribution in [0.2, 0.25) is 0 Å². The van der Waals surface area contributed by atoms with E-state index in [2.05, 4.69) is 5.32 Å². The fourth-order valence-electron chi connectivity index (χ4n) is 1.71. The van der Waals surface area contributed by atoms with Gasteiger partial charge in [-0.3, -0.25) is 4.79 Å². The summed E-state index contributed by atoms with van der Waals surface area (Å²) < 4.78 is 18.4. The smallest absolute Gasteiger partial charge is 0.260 e. The number of halogens is 1. The molecule has 1 N–H and O–H groups in total. The molecule has 5 heteroatoms. The van der Waals surface area contributed by atoms with Gasteiger partial charge in [0.15, 0.2) is 18.2 Å². The van der Waals surface area contributed by atoms with E-state index in [1.165, 1.54) is 12.1 Å². The van der Waals surface area contributed by atoms with Gasteiger partial charge in [-0.25, -0.2) is 4.39 Å². The molecule has 92 valence electrons. The first kappa shape index (κ1) is 11.9. The van der Waals surface area contributed by atoms with Crippen molar-refractivity contribution in [1.29, 1.82) is 0 Å².